The van der Waals surface area contributed by atoms with Gasteiger partial charge in [-0.2, -0.15) is 18.4 Å². The molecule has 1 N–H and O–H groups in total. The number of ether oxygens (including phenoxy) is 2. The number of anilines is 2. The third-order valence-electron chi connectivity index (χ3n) is 4.25. The fourth-order valence-electron chi connectivity index (χ4n) is 2.83. The minimum atomic E-state index is -4.51. The highest BCUT2D eigenvalue weighted by Gasteiger charge is 2.29. The second kappa shape index (κ2) is 8.84. The van der Waals surface area contributed by atoms with E-state index in [0.717, 1.165) is 18.8 Å². The first kappa shape index (κ1) is 20.5. The summed E-state index contributed by atoms with van der Waals surface area (Å²) in [6.07, 6.45) is -4.51. The number of nitriles is 1. The average Bonchev–Trinajstić information content (AvgIpc) is 2.72. The van der Waals surface area contributed by atoms with Gasteiger partial charge in [0.25, 0.3) is 5.91 Å². The lowest BCUT2D eigenvalue weighted by molar-refractivity contribution is -0.153. The fourth-order valence-corrected chi connectivity index (χ4v) is 2.83. The minimum absolute atomic E-state index is 0.102. The quantitative estimate of drug-likeness (QED) is 0.823. The van der Waals surface area contributed by atoms with Crippen LogP contribution in [0.25, 0.3) is 0 Å². The maximum absolute atomic E-state index is 12.4. The van der Waals surface area contributed by atoms with Gasteiger partial charge in [-0.15, -0.1) is 0 Å². The molecule has 0 radical (unpaired) electrons. The summed E-state index contributed by atoms with van der Waals surface area (Å²) in [5.41, 5.74) is 1.58. The Kier molecular flexibility index (Phi) is 6.24. The Morgan fingerprint density at radius 2 is 1.86 bits per heavy atom. The molecular weight excluding hydrogens is 387 g/mol. The Morgan fingerprint density at radius 1 is 1.17 bits per heavy atom. The van der Waals surface area contributed by atoms with E-state index >= 15 is 0 Å². The second-order valence-corrected chi connectivity index (χ2v) is 6.33. The van der Waals surface area contributed by atoms with Crippen LogP contribution in [0.1, 0.15) is 15.9 Å². The molecule has 6 nitrogen and oxygen atoms in total. The van der Waals surface area contributed by atoms with E-state index in [1.165, 1.54) is 18.2 Å². The van der Waals surface area contributed by atoms with Gasteiger partial charge in [0.2, 0.25) is 0 Å². The fraction of sp³-hybridized carbons (Fsp3) is 0.300. The van der Waals surface area contributed by atoms with E-state index in [1.54, 1.807) is 18.2 Å². The Balaban J connectivity index is 1.66. The molecule has 0 spiro atoms. The van der Waals surface area contributed by atoms with Crippen LogP contribution in [0.2, 0.25) is 0 Å². The minimum Gasteiger partial charge on any atom is -0.483 e. The van der Waals surface area contributed by atoms with Gasteiger partial charge >= 0.3 is 6.18 Å². The van der Waals surface area contributed by atoms with Crippen LogP contribution in [0, 0.1) is 11.3 Å². The predicted octanol–water partition coefficient (Wildman–Crippen LogP) is 3.59. The van der Waals surface area contributed by atoms with Crippen molar-refractivity contribution in [1.29, 1.82) is 5.26 Å². The highest BCUT2D eigenvalue weighted by Crippen LogP contribution is 2.25. The topological polar surface area (TPSA) is 74.6 Å². The van der Waals surface area contributed by atoms with E-state index in [4.69, 9.17) is 10.00 Å². The molecule has 1 aliphatic heterocycles. The molecule has 0 unspecified atom stereocenters. The summed E-state index contributed by atoms with van der Waals surface area (Å²) in [6.45, 7) is 1.39. The lowest BCUT2D eigenvalue weighted by atomic mass is 10.1. The number of rotatable bonds is 5. The van der Waals surface area contributed by atoms with Crippen LogP contribution in [0.15, 0.2) is 42.5 Å². The SMILES string of the molecule is N#Cc1cc(NC(=O)c2ccc(N3CCOCC3)cc2)ccc1OCC(F)(F)F. The normalized spacial score (nSPS) is 14.2. The van der Waals surface area contributed by atoms with Gasteiger partial charge < -0.3 is 19.7 Å². The molecule has 0 aromatic heterocycles. The Bertz CT molecular complexity index is 902. The molecule has 1 heterocycles. The number of morpholine rings is 1. The van der Waals surface area contributed by atoms with Crippen molar-refractivity contribution in [3.05, 3.63) is 53.6 Å². The first-order valence-electron chi connectivity index (χ1n) is 8.83. The molecule has 9 heteroatoms. The van der Waals surface area contributed by atoms with Crippen molar-refractivity contribution in [3.8, 4) is 11.8 Å². The third kappa shape index (κ3) is 5.62. The summed E-state index contributed by atoms with van der Waals surface area (Å²) in [7, 11) is 0. The smallest absolute Gasteiger partial charge is 0.422 e. The molecular formula is C20H18F3N3O3. The van der Waals surface area contributed by atoms with E-state index in [0.29, 0.717) is 18.8 Å². The molecule has 1 aliphatic rings. The van der Waals surface area contributed by atoms with Crippen molar-refractivity contribution in [1.82, 2.24) is 0 Å². The largest absolute Gasteiger partial charge is 0.483 e. The maximum atomic E-state index is 12.4. The lowest BCUT2D eigenvalue weighted by Gasteiger charge is -2.28. The van der Waals surface area contributed by atoms with Crippen molar-refractivity contribution in [2.75, 3.05) is 43.1 Å². The molecule has 0 aliphatic carbocycles. The number of benzene rings is 2. The number of nitrogens with zero attached hydrogens (tertiary/aromatic N) is 2. The molecule has 0 atom stereocenters. The van der Waals surface area contributed by atoms with Crippen LogP contribution in [0.5, 0.6) is 5.75 Å². The molecule has 1 fully saturated rings. The summed E-state index contributed by atoms with van der Waals surface area (Å²) in [4.78, 5) is 14.6. The number of carbonyl (C=O) groups is 1. The van der Waals surface area contributed by atoms with Crippen LogP contribution >= 0.6 is 0 Å². The summed E-state index contributed by atoms with van der Waals surface area (Å²) >= 11 is 0. The third-order valence-corrected chi connectivity index (χ3v) is 4.25. The number of alkyl halides is 3. The zero-order valence-electron chi connectivity index (χ0n) is 15.3. The molecule has 2 aromatic carbocycles. The summed E-state index contributed by atoms with van der Waals surface area (Å²) in [5, 5.41) is 11.8. The van der Waals surface area contributed by atoms with Gasteiger partial charge in [0, 0.05) is 30.0 Å². The average molecular weight is 405 g/mol. The van der Waals surface area contributed by atoms with E-state index in [2.05, 4.69) is 15.0 Å². The first-order chi connectivity index (χ1) is 13.9. The molecule has 0 bridgehead atoms. The standard InChI is InChI=1S/C20H18F3N3O3/c21-20(22,23)13-29-18-6-3-16(11-15(18)12-24)25-19(27)14-1-4-17(5-2-14)26-7-9-28-10-8-26/h1-6,11H,7-10,13H2,(H,25,27). The number of carbonyl (C=O) groups excluding carboxylic acids is 1. The monoisotopic (exact) mass is 405 g/mol. The summed E-state index contributed by atoms with van der Waals surface area (Å²) in [5.74, 6) is -0.593. The van der Waals surface area contributed by atoms with Gasteiger partial charge in [0.1, 0.15) is 11.8 Å². The molecule has 3 rings (SSSR count). The van der Waals surface area contributed by atoms with E-state index in [1.807, 2.05) is 12.1 Å². The van der Waals surface area contributed by atoms with Gasteiger partial charge in [-0.3, -0.25) is 4.79 Å². The van der Waals surface area contributed by atoms with Crippen molar-refractivity contribution in [3.63, 3.8) is 0 Å². The Morgan fingerprint density at radius 3 is 2.48 bits per heavy atom. The number of nitrogens with one attached hydrogen (secondary N) is 1. The Hall–Kier alpha value is -3.25. The van der Waals surface area contributed by atoms with Gasteiger partial charge in [-0.05, 0) is 42.5 Å². The van der Waals surface area contributed by atoms with E-state index < -0.39 is 18.7 Å². The molecule has 152 valence electrons. The van der Waals surface area contributed by atoms with E-state index in [-0.39, 0.29) is 17.0 Å². The molecule has 29 heavy (non-hydrogen) atoms. The second-order valence-electron chi connectivity index (χ2n) is 6.33. The highest BCUT2D eigenvalue weighted by molar-refractivity contribution is 6.04. The van der Waals surface area contributed by atoms with Crippen LogP contribution in [-0.2, 0) is 4.74 Å². The van der Waals surface area contributed by atoms with Crippen molar-refractivity contribution in [2.24, 2.45) is 0 Å². The molecule has 1 amide bonds. The summed E-state index contributed by atoms with van der Waals surface area (Å²) in [6, 6.07) is 12.7. The maximum Gasteiger partial charge on any atom is 0.422 e. The molecule has 0 saturated carbocycles. The lowest BCUT2D eigenvalue weighted by Crippen LogP contribution is -2.36. The predicted molar refractivity (Wildman–Crippen MR) is 100 cm³/mol. The van der Waals surface area contributed by atoms with Crippen LogP contribution < -0.4 is 15.0 Å². The van der Waals surface area contributed by atoms with Crippen molar-refractivity contribution >= 4 is 17.3 Å². The first-order valence-corrected chi connectivity index (χ1v) is 8.83. The Labute approximate surface area is 165 Å². The van der Waals surface area contributed by atoms with Gasteiger partial charge in [-0.25, -0.2) is 0 Å². The summed E-state index contributed by atoms with van der Waals surface area (Å²) < 4.78 is 46.8. The number of amides is 1. The van der Waals surface area contributed by atoms with Gasteiger partial charge in [0.15, 0.2) is 6.61 Å². The van der Waals surface area contributed by atoms with Gasteiger partial charge in [-0.1, -0.05) is 0 Å². The zero-order chi connectivity index (χ0) is 20.9. The number of halogens is 3. The molecule has 2 aromatic rings. The number of hydrogen-bond donors (Lipinski definition) is 1. The van der Waals surface area contributed by atoms with Crippen LogP contribution in [0.4, 0.5) is 24.5 Å². The van der Waals surface area contributed by atoms with Crippen molar-refractivity contribution in [2.45, 2.75) is 6.18 Å². The van der Waals surface area contributed by atoms with Gasteiger partial charge in [0.05, 0.1) is 18.8 Å². The zero-order valence-corrected chi connectivity index (χ0v) is 15.3. The molecule has 1 saturated heterocycles. The van der Waals surface area contributed by atoms with Crippen LogP contribution in [-0.4, -0.2) is 45.0 Å². The van der Waals surface area contributed by atoms with E-state index in [9.17, 15) is 18.0 Å². The number of hydrogen-bond acceptors (Lipinski definition) is 5. The van der Waals surface area contributed by atoms with Crippen LogP contribution in [0.3, 0.4) is 0 Å². The van der Waals surface area contributed by atoms with Crippen molar-refractivity contribution < 1.29 is 27.4 Å². The highest BCUT2D eigenvalue weighted by atomic mass is 19.4.